The van der Waals surface area contributed by atoms with E-state index in [1.165, 1.54) is 0 Å². The number of hydrogen-bond acceptors (Lipinski definition) is 2. The van der Waals surface area contributed by atoms with Crippen molar-refractivity contribution in [1.82, 2.24) is 10.2 Å². The van der Waals surface area contributed by atoms with Crippen LogP contribution in [0.25, 0.3) is 0 Å². The van der Waals surface area contributed by atoms with Crippen molar-refractivity contribution in [2.45, 2.75) is 38.3 Å². The molecule has 2 aliphatic rings. The molecule has 1 heterocycles. The van der Waals surface area contributed by atoms with E-state index in [0.717, 1.165) is 25.1 Å². The Bertz CT molecular complexity index is 566. The van der Waals surface area contributed by atoms with Gasteiger partial charge in [-0.25, -0.2) is 0 Å². The van der Waals surface area contributed by atoms with Crippen molar-refractivity contribution in [3.8, 4) is 0 Å². The van der Waals surface area contributed by atoms with E-state index in [0.29, 0.717) is 16.1 Å². The summed E-state index contributed by atoms with van der Waals surface area (Å²) in [5.74, 6) is 0.548. The lowest BCUT2D eigenvalue weighted by Crippen LogP contribution is -2.57. The van der Waals surface area contributed by atoms with Gasteiger partial charge in [-0.3, -0.25) is 4.79 Å². The number of carbonyl (C=O) groups is 1. The maximum atomic E-state index is 12.7. The van der Waals surface area contributed by atoms with Crippen LogP contribution >= 0.6 is 35.6 Å². The van der Waals surface area contributed by atoms with Crippen molar-refractivity contribution in [1.29, 1.82) is 0 Å². The van der Waals surface area contributed by atoms with Crippen LogP contribution < -0.4 is 5.32 Å². The molecular weight excluding hydrogens is 343 g/mol. The molecule has 22 heavy (non-hydrogen) atoms. The molecule has 1 N–H and O–H groups in total. The first-order chi connectivity index (χ1) is 10.0. The molecule has 0 spiro atoms. The first-order valence-electron chi connectivity index (χ1n) is 7.48. The lowest BCUT2D eigenvalue weighted by atomic mass is 10.0. The van der Waals surface area contributed by atoms with Crippen LogP contribution in [-0.2, 0) is 4.79 Å². The quantitative estimate of drug-likeness (QED) is 0.868. The number of amides is 1. The van der Waals surface area contributed by atoms with Crippen LogP contribution in [-0.4, -0.2) is 36.0 Å². The number of rotatable bonds is 2. The highest BCUT2D eigenvalue weighted by Gasteiger charge is 2.48. The summed E-state index contributed by atoms with van der Waals surface area (Å²) < 4.78 is 0. The third-order valence-corrected chi connectivity index (χ3v) is 5.64. The molecule has 4 unspecified atom stereocenters. The van der Waals surface area contributed by atoms with Crippen molar-refractivity contribution < 1.29 is 4.79 Å². The summed E-state index contributed by atoms with van der Waals surface area (Å²) in [4.78, 5) is 14.7. The first-order valence-corrected chi connectivity index (χ1v) is 8.24. The molecule has 3 nitrogen and oxygen atoms in total. The minimum atomic E-state index is 0. The minimum absolute atomic E-state index is 0. The highest BCUT2D eigenvalue weighted by molar-refractivity contribution is 6.42. The van der Waals surface area contributed by atoms with Gasteiger partial charge in [0.15, 0.2) is 0 Å². The van der Waals surface area contributed by atoms with E-state index in [4.69, 9.17) is 23.2 Å². The monoisotopic (exact) mass is 362 g/mol. The van der Waals surface area contributed by atoms with Gasteiger partial charge in [-0.05, 0) is 37.8 Å². The number of nitrogens with one attached hydrogen (secondary N) is 1. The van der Waals surface area contributed by atoms with Gasteiger partial charge in [-0.1, -0.05) is 35.3 Å². The fourth-order valence-electron chi connectivity index (χ4n) is 3.20. The smallest absolute Gasteiger partial charge is 0.226 e. The average Bonchev–Trinajstić information content (AvgIpc) is 3.24. The fraction of sp³-hybridized carbons (Fsp3) is 0.562. The van der Waals surface area contributed by atoms with Gasteiger partial charge in [-0.2, -0.15) is 0 Å². The molecule has 2 fully saturated rings. The molecule has 0 radical (unpaired) electrons. The number of halogens is 3. The Morgan fingerprint density at radius 1 is 1.32 bits per heavy atom. The second-order valence-electron chi connectivity index (χ2n) is 6.11. The summed E-state index contributed by atoms with van der Waals surface area (Å²) in [6.07, 6.45) is 0.879. The van der Waals surface area contributed by atoms with Gasteiger partial charge in [0.05, 0.1) is 10.0 Å². The van der Waals surface area contributed by atoms with Gasteiger partial charge in [-0.15, -0.1) is 12.4 Å². The van der Waals surface area contributed by atoms with Crippen LogP contribution in [0, 0.1) is 5.92 Å². The predicted octanol–water partition coefficient (Wildman–Crippen LogP) is 3.73. The third kappa shape index (κ3) is 3.23. The number of nitrogens with zero attached hydrogens (tertiary/aromatic N) is 1. The van der Waals surface area contributed by atoms with Gasteiger partial charge < -0.3 is 10.2 Å². The topological polar surface area (TPSA) is 32.3 Å². The molecule has 0 aromatic heterocycles. The van der Waals surface area contributed by atoms with Gasteiger partial charge in [0.25, 0.3) is 0 Å². The molecule has 1 aliphatic carbocycles. The lowest BCUT2D eigenvalue weighted by molar-refractivity contribution is -0.136. The Labute approximate surface area is 147 Å². The Hall–Kier alpha value is -0.480. The predicted molar refractivity (Wildman–Crippen MR) is 93.2 cm³/mol. The SMILES string of the molecule is CC1NCCN(C(=O)C2CC2c2cccc(Cl)c2Cl)C1C.Cl. The number of piperazine rings is 1. The molecular formula is C16H21Cl3N2O. The second-order valence-corrected chi connectivity index (χ2v) is 6.89. The number of benzene rings is 1. The lowest BCUT2D eigenvalue weighted by Gasteiger charge is -2.39. The van der Waals surface area contributed by atoms with Crippen molar-refractivity contribution in [2.24, 2.45) is 5.92 Å². The molecule has 1 aromatic carbocycles. The molecule has 1 aromatic rings. The van der Waals surface area contributed by atoms with Crippen molar-refractivity contribution >= 4 is 41.5 Å². The van der Waals surface area contributed by atoms with Crippen LogP contribution in [0.15, 0.2) is 18.2 Å². The van der Waals surface area contributed by atoms with Gasteiger partial charge in [0, 0.05) is 31.1 Å². The summed E-state index contributed by atoms with van der Waals surface area (Å²) in [6, 6.07) is 6.25. The molecule has 6 heteroatoms. The summed E-state index contributed by atoms with van der Waals surface area (Å²) >= 11 is 12.3. The second kappa shape index (κ2) is 6.96. The van der Waals surface area contributed by atoms with Gasteiger partial charge in [0.1, 0.15) is 0 Å². The zero-order valence-corrected chi connectivity index (χ0v) is 15.0. The highest BCUT2D eigenvalue weighted by Crippen LogP contribution is 2.51. The van der Waals surface area contributed by atoms with E-state index in [1.807, 2.05) is 17.0 Å². The van der Waals surface area contributed by atoms with Crippen LogP contribution in [0.2, 0.25) is 10.0 Å². The van der Waals surface area contributed by atoms with E-state index in [2.05, 4.69) is 19.2 Å². The van der Waals surface area contributed by atoms with E-state index >= 15 is 0 Å². The molecule has 122 valence electrons. The molecule has 1 saturated heterocycles. The molecule has 1 saturated carbocycles. The van der Waals surface area contributed by atoms with Crippen LogP contribution in [0.4, 0.5) is 0 Å². The summed E-state index contributed by atoms with van der Waals surface area (Å²) in [7, 11) is 0. The van der Waals surface area contributed by atoms with E-state index in [9.17, 15) is 4.79 Å². The van der Waals surface area contributed by atoms with Crippen LogP contribution in [0.3, 0.4) is 0 Å². The Balaban J connectivity index is 0.00000176. The van der Waals surface area contributed by atoms with Gasteiger partial charge in [0.2, 0.25) is 5.91 Å². The maximum Gasteiger partial charge on any atom is 0.226 e. The number of hydrogen-bond donors (Lipinski definition) is 1. The summed E-state index contributed by atoms with van der Waals surface area (Å²) in [6.45, 7) is 5.89. The van der Waals surface area contributed by atoms with Crippen LogP contribution in [0.1, 0.15) is 31.7 Å². The highest BCUT2D eigenvalue weighted by atomic mass is 35.5. The fourth-order valence-corrected chi connectivity index (χ4v) is 3.65. The Morgan fingerprint density at radius 3 is 2.77 bits per heavy atom. The molecule has 1 aliphatic heterocycles. The molecule has 0 bridgehead atoms. The van der Waals surface area contributed by atoms with Crippen molar-refractivity contribution in [2.75, 3.05) is 13.1 Å². The Kier molecular flexibility index (Phi) is 5.65. The third-order valence-electron chi connectivity index (χ3n) is 4.81. The van der Waals surface area contributed by atoms with Gasteiger partial charge >= 0.3 is 0 Å². The largest absolute Gasteiger partial charge is 0.337 e. The standard InChI is InChI=1S/C16H20Cl2N2O.ClH/c1-9-10(2)20(7-6-19-9)16(21)13-8-12(13)11-4-3-5-14(17)15(11)18;/h3-5,9-10,12-13,19H,6-8H2,1-2H3;1H. The summed E-state index contributed by atoms with van der Waals surface area (Å²) in [5.41, 5.74) is 1.01. The molecule has 3 rings (SSSR count). The molecule has 4 atom stereocenters. The van der Waals surface area contributed by atoms with E-state index < -0.39 is 0 Å². The Morgan fingerprint density at radius 2 is 2.05 bits per heavy atom. The van der Waals surface area contributed by atoms with Crippen molar-refractivity contribution in [3.05, 3.63) is 33.8 Å². The maximum absolute atomic E-state index is 12.7. The summed E-state index contributed by atoms with van der Waals surface area (Å²) in [5, 5.41) is 4.57. The van der Waals surface area contributed by atoms with Crippen molar-refractivity contribution in [3.63, 3.8) is 0 Å². The zero-order valence-electron chi connectivity index (χ0n) is 12.7. The molecule has 1 amide bonds. The van der Waals surface area contributed by atoms with E-state index in [-0.39, 0.29) is 36.2 Å². The van der Waals surface area contributed by atoms with Crippen LogP contribution in [0.5, 0.6) is 0 Å². The average molecular weight is 364 g/mol. The minimum Gasteiger partial charge on any atom is -0.337 e. The number of carbonyl (C=O) groups excluding carboxylic acids is 1. The van der Waals surface area contributed by atoms with E-state index in [1.54, 1.807) is 6.07 Å². The normalized spacial score (nSPS) is 30.6. The zero-order chi connectivity index (χ0) is 15.1. The first kappa shape index (κ1) is 17.9.